The molecule has 0 bridgehead atoms. The van der Waals surface area contributed by atoms with Crippen LogP contribution in [0.4, 0.5) is 0 Å². The van der Waals surface area contributed by atoms with Crippen LogP contribution in [0, 0.1) is 0 Å². The molecule has 0 N–H and O–H groups in total. The number of amides is 2. The second kappa shape index (κ2) is 7.03. The van der Waals surface area contributed by atoms with Crippen LogP contribution in [-0.4, -0.2) is 61.0 Å². The molecule has 1 spiro atoms. The molecule has 1 aromatic rings. The van der Waals surface area contributed by atoms with E-state index < -0.39 is 0 Å². The van der Waals surface area contributed by atoms with Crippen LogP contribution >= 0.6 is 0 Å². The molecule has 3 aliphatic rings. The molecule has 5 heteroatoms. The Morgan fingerprint density at radius 2 is 1.77 bits per heavy atom. The minimum absolute atomic E-state index is 0.137. The number of ether oxygens (including phenoxy) is 1. The third-order valence-corrected chi connectivity index (χ3v) is 6.56. The molecule has 2 saturated heterocycles. The number of carbonyl (C=O) groups is 2. The van der Waals surface area contributed by atoms with Crippen molar-refractivity contribution in [1.82, 2.24) is 9.80 Å². The predicted molar refractivity (Wildman–Crippen MR) is 99.0 cm³/mol. The summed E-state index contributed by atoms with van der Waals surface area (Å²) in [6, 6.07) is 8.66. The zero-order valence-corrected chi connectivity index (χ0v) is 15.6. The van der Waals surface area contributed by atoms with Gasteiger partial charge in [-0.25, -0.2) is 0 Å². The molecule has 26 heavy (non-hydrogen) atoms. The van der Waals surface area contributed by atoms with Gasteiger partial charge in [0.25, 0.3) is 0 Å². The van der Waals surface area contributed by atoms with E-state index in [0.29, 0.717) is 38.6 Å². The number of rotatable bonds is 2. The smallest absolute Gasteiger partial charge is 0.223 e. The van der Waals surface area contributed by atoms with E-state index in [4.69, 9.17) is 4.74 Å². The zero-order valence-electron chi connectivity index (χ0n) is 15.6. The van der Waals surface area contributed by atoms with E-state index in [1.807, 2.05) is 9.80 Å². The van der Waals surface area contributed by atoms with Gasteiger partial charge in [0.2, 0.25) is 11.8 Å². The van der Waals surface area contributed by atoms with Crippen LogP contribution in [0.1, 0.15) is 49.7 Å². The molecular formula is C21H28N2O3. The maximum absolute atomic E-state index is 12.8. The Bertz CT molecular complexity index is 688. The molecule has 2 fully saturated rings. The highest BCUT2D eigenvalue weighted by Crippen LogP contribution is 2.52. The van der Waals surface area contributed by atoms with Gasteiger partial charge in [-0.05, 0) is 41.7 Å². The molecule has 0 radical (unpaired) electrons. The molecule has 140 valence electrons. The first-order chi connectivity index (χ1) is 12.6. The lowest BCUT2D eigenvalue weighted by Crippen LogP contribution is -2.43. The van der Waals surface area contributed by atoms with Gasteiger partial charge in [0, 0.05) is 39.5 Å². The average molecular weight is 356 g/mol. The summed E-state index contributed by atoms with van der Waals surface area (Å²) in [5, 5.41) is 0. The second-order valence-electron chi connectivity index (χ2n) is 7.97. The van der Waals surface area contributed by atoms with Crippen LogP contribution in [0.5, 0.6) is 0 Å². The molecule has 4 rings (SSSR count). The zero-order chi connectivity index (χ0) is 18.1. The molecule has 0 aromatic heterocycles. The fraction of sp³-hybridized carbons (Fsp3) is 0.619. The molecule has 1 aliphatic carbocycles. The van der Waals surface area contributed by atoms with E-state index in [0.717, 1.165) is 32.4 Å². The van der Waals surface area contributed by atoms with E-state index >= 15 is 0 Å². The lowest BCUT2D eigenvalue weighted by molar-refractivity contribution is -0.135. The third-order valence-electron chi connectivity index (χ3n) is 6.56. The minimum Gasteiger partial charge on any atom is -0.378 e. The van der Waals surface area contributed by atoms with Gasteiger partial charge in [-0.3, -0.25) is 9.59 Å². The standard InChI is InChI=1S/C21H28N2O3/c1-16(24)22-8-6-21(7-9-22)15-17(18-4-2-3-5-19(18)21)14-20(25)23-10-12-26-13-11-23/h2-5,17H,6-15H2,1H3/t17-/m1/s1. The highest BCUT2D eigenvalue weighted by molar-refractivity contribution is 5.77. The molecule has 2 amide bonds. The first kappa shape index (κ1) is 17.5. The van der Waals surface area contributed by atoms with E-state index in [1.165, 1.54) is 11.1 Å². The van der Waals surface area contributed by atoms with Crippen LogP contribution < -0.4 is 0 Å². The van der Waals surface area contributed by atoms with Crippen LogP contribution in [0.2, 0.25) is 0 Å². The second-order valence-corrected chi connectivity index (χ2v) is 7.97. The maximum atomic E-state index is 12.8. The number of hydrogen-bond acceptors (Lipinski definition) is 3. The van der Waals surface area contributed by atoms with Crippen molar-refractivity contribution in [1.29, 1.82) is 0 Å². The monoisotopic (exact) mass is 356 g/mol. The molecule has 2 aliphatic heterocycles. The Morgan fingerprint density at radius 1 is 1.08 bits per heavy atom. The number of nitrogens with zero attached hydrogens (tertiary/aromatic N) is 2. The largest absolute Gasteiger partial charge is 0.378 e. The normalized spacial score (nSPS) is 24.6. The van der Waals surface area contributed by atoms with Gasteiger partial charge in [-0.15, -0.1) is 0 Å². The van der Waals surface area contributed by atoms with E-state index in [1.54, 1.807) is 6.92 Å². The van der Waals surface area contributed by atoms with Crippen molar-refractivity contribution < 1.29 is 14.3 Å². The number of carbonyl (C=O) groups excluding carboxylic acids is 2. The number of piperidine rings is 1. The highest BCUT2D eigenvalue weighted by atomic mass is 16.5. The molecule has 0 unspecified atom stereocenters. The summed E-state index contributed by atoms with van der Waals surface area (Å²) in [5.41, 5.74) is 2.91. The number of benzene rings is 1. The van der Waals surface area contributed by atoms with Gasteiger partial charge in [0.1, 0.15) is 0 Å². The van der Waals surface area contributed by atoms with Gasteiger partial charge in [0.15, 0.2) is 0 Å². The number of hydrogen-bond donors (Lipinski definition) is 0. The fourth-order valence-corrected chi connectivity index (χ4v) is 5.09. The first-order valence-electron chi connectivity index (χ1n) is 9.79. The summed E-state index contributed by atoms with van der Waals surface area (Å²) >= 11 is 0. The third kappa shape index (κ3) is 3.13. The topological polar surface area (TPSA) is 49.9 Å². The summed E-state index contributed by atoms with van der Waals surface area (Å²) < 4.78 is 5.37. The number of fused-ring (bicyclic) bond motifs is 2. The summed E-state index contributed by atoms with van der Waals surface area (Å²) in [5.74, 6) is 0.724. The number of morpholine rings is 1. The summed E-state index contributed by atoms with van der Waals surface area (Å²) in [7, 11) is 0. The fourth-order valence-electron chi connectivity index (χ4n) is 5.09. The molecule has 5 nitrogen and oxygen atoms in total. The van der Waals surface area contributed by atoms with Crippen LogP contribution in [0.3, 0.4) is 0 Å². The maximum Gasteiger partial charge on any atom is 0.223 e. The van der Waals surface area contributed by atoms with Crippen molar-refractivity contribution >= 4 is 11.8 Å². The number of likely N-dealkylation sites (tertiary alicyclic amines) is 1. The molecule has 2 heterocycles. The Labute approximate surface area is 155 Å². The SMILES string of the molecule is CC(=O)N1CCC2(CC1)C[C@@H](CC(=O)N1CCOCC1)c1ccccc12. The Morgan fingerprint density at radius 3 is 2.46 bits per heavy atom. The lowest BCUT2D eigenvalue weighted by Gasteiger charge is -2.40. The average Bonchev–Trinajstić information content (AvgIpc) is 2.96. The summed E-state index contributed by atoms with van der Waals surface area (Å²) in [6.07, 6.45) is 3.64. The van der Waals surface area contributed by atoms with Gasteiger partial charge in [-0.2, -0.15) is 0 Å². The van der Waals surface area contributed by atoms with Crippen molar-refractivity contribution in [3.63, 3.8) is 0 Å². The molecule has 1 aromatic carbocycles. The summed E-state index contributed by atoms with van der Waals surface area (Å²) in [4.78, 5) is 28.4. The van der Waals surface area contributed by atoms with Crippen molar-refractivity contribution in [2.45, 2.75) is 43.9 Å². The van der Waals surface area contributed by atoms with Gasteiger partial charge >= 0.3 is 0 Å². The molecular weight excluding hydrogens is 328 g/mol. The highest BCUT2D eigenvalue weighted by Gasteiger charge is 2.46. The van der Waals surface area contributed by atoms with Gasteiger partial charge < -0.3 is 14.5 Å². The van der Waals surface area contributed by atoms with Crippen molar-refractivity contribution in [2.75, 3.05) is 39.4 Å². The quantitative estimate of drug-likeness (QED) is 0.817. The van der Waals surface area contributed by atoms with E-state index in [-0.39, 0.29) is 17.2 Å². The van der Waals surface area contributed by atoms with E-state index in [9.17, 15) is 9.59 Å². The van der Waals surface area contributed by atoms with Gasteiger partial charge in [-0.1, -0.05) is 24.3 Å². The van der Waals surface area contributed by atoms with Crippen molar-refractivity contribution in [3.05, 3.63) is 35.4 Å². The van der Waals surface area contributed by atoms with Crippen LogP contribution in [0.15, 0.2) is 24.3 Å². The van der Waals surface area contributed by atoms with Crippen molar-refractivity contribution in [2.24, 2.45) is 0 Å². The predicted octanol–water partition coefficient (Wildman–Crippen LogP) is 2.30. The Kier molecular flexibility index (Phi) is 4.74. The van der Waals surface area contributed by atoms with Gasteiger partial charge in [0.05, 0.1) is 13.2 Å². The molecule has 0 saturated carbocycles. The molecule has 1 atom stereocenters. The van der Waals surface area contributed by atoms with E-state index in [2.05, 4.69) is 24.3 Å². The summed E-state index contributed by atoms with van der Waals surface area (Å²) in [6.45, 7) is 6.04. The minimum atomic E-state index is 0.137. The van der Waals surface area contributed by atoms with Crippen LogP contribution in [-0.2, 0) is 19.7 Å². The lowest BCUT2D eigenvalue weighted by atomic mass is 9.73. The van der Waals surface area contributed by atoms with Crippen LogP contribution in [0.25, 0.3) is 0 Å². The first-order valence-corrected chi connectivity index (χ1v) is 9.79. The van der Waals surface area contributed by atoms with Crippen molar-refractivity contribution in [3.8, 4) is 0 Å². The Hall–Kier alpha value is -1.88. The Balaban J connectivity index is 1.51.